The summed E-state index contributed by atoms with van der Waals surface area (Å²) in [4.78, 5) is 9.00. The van der Waals surface area contributed by atoms with Crippen LogP contribution in [0.5, 0.6) is 0 Å². The highest BCUT2D eigenvalue weighted by atomic mass is 16.4. The Hall–Kier alpha value is -2.10. The molecule has 0 unspecified atom stereocenters. The molecule has 1 aromatic heterocycles. The first-order valence-electron chi connectivity index (χ1n) is 6.19. The predicted molar refractivity (Wildman–Crippen MR) is 78.1 cm³/mol. The number of carboxylic acids is 1. The number of carbonyl (C=O) groups is 1. The molecule has 0 fully saturated rings. The Kier molecular flexibility index (Phi) is 4.87. The summed E-state index contributed by atoms with van der Waals surface area (Å²) < 4.78 is 2.09. The number of nitrogens with one attached hydrogen (secondary N) is 1. The lowest BCUT2D eigenvalue weighted by Gasteiger charge is -2.00. The van der Waals surface area contributed by atoms with Gasteiger partial charge in [-0.05, 0) is 31.0 Å². The molecular formula is C15H20N2O2. The van der Waals surface area contributed by atoms with Crippen molar-refractivity contribution in [2.24, 2.45) is 7.05 Å². The van der Waals surface area contributed by atoms with E-state index >= 15 is 0 Å². The molecule has 0 aliphatic rings. The van der Waals surface area contributed by atoms with E-state index in [1.165, 1.54) is 16.5 Å². The summed E-state index contributed by atoms with van der Waals surface area (Å²) >= 11 is 0. The van der Waals surface area contributed by atoms with Gasteiger partial charge in [-0.2, -0.15) is 0 Å². The second-order valence-corrected chi connectivity index (χ2v) is 4.50. The molecule has 19 heavy (non-hydrogen) atoms. The Labute approximate surface area is 113 Å². The van der Waals surface area contributed by atoms with Crippen LogP contribution in [-0.4, -0.2) is 21.4 Å². The maximum Gasteiger partial charge on any atom is 0.300 e. The number of hydrogen-bond acceptors (Lipinski definition) is 2. The normalized spacial score (nSPS) is 9.89. The Bertz CT molecular complexity index is 608. The van der Waals surface area contributed by atoms with Gasteiger partial charge in [0.1, 0.15) is 0 Å². The first-order valence-corrected chi connectivity index (χ1v) is 6.19. The van der Waals surface area contributed by atoms with Gasteiger partial charge in [0.25, 0.3) is 5.97 Å². The van der Waals surface area contributed by atoms with Gasteiger partial charge in [-0.3, -0.25) is 4.79 Å². The van der Waals surface area contributed by atoms with Crippen molar-refractivity contribution in [3.63, 3.8) is 0 Å². The van der Waals surface area contributed by atoms with E-state index in [0.717, 1.165) is 18.9 Å². The first kappa shape index (κ1) is 15.0. The number of benzene rings is 1. The van der Waals surface area contributed by atoms with E-state index in [2.05, 4.69) is 29.7 Å². The molecule has 2 aromatic rings. The summed E-state index contributed by atoms with van der Waals surface area (Å²) in [6.07, 6.45) is 3.08. The molecule has 2 N–H and O–H groups in total. The topological polar surface area (TPSA) is 66.1 Å². The molecule has 1 heterocycles. The van der Waals surface area contributed by atoms with E-state index in [1.54, 1.807) is 0 Å². The summed E-state index contributed by atoms with van der Waals surface area (Å²) in [6, 6.07) is 6.49. The number of rotatable bonds is 2. The maximum atomic E-state index is 9.00. The Morgan fingerprint density at radius 1 is 1.37 bits per heavy atom. The van der Waals surface area contributed by atoms with Gasteiger partial charge in [-0.1, -0.05) is 13.0 Å². The molecule has 0 amide bonds. The van der Waals surface area contributed by atoms with Crippen molar-refractivity contribution in [2.75, 3.05) is 0 Å². The molecule has 0 radical (unpaired) electrons. The average Bonchev–Trinajstić information content (AvgIpc) is 2.65. The molecule has 1 aromatic carbocycles. The number of aliphatic carboxylic acids is 1. The molecular weight excluding hydrogens is 240 g/mol. The van der Waals surface area contributed by atoms with Gasteiger partial charge in [-0.15, -0.1) is 0 Å². The standard InChI is InChI=1S/C13H16N2.C2H4O2/c1-4-10-5-6-13-11(7-10)12(9(2)14)8-15(13)3;1-2(3)4/h5-8,14H,4H2,1-3H3;1H3,(H,3,4). The Morgan fingerprint density at radius 2 is 1.95 bits per heavy atom. The van der Waals surface area contributed by atoms with Crippen molar-refractivity contribution >= 4 is 22.6 Å². The monoisotopic (exact) mass is 260 g/mol. The van der Waals surface area contributed by atoms with Crippen LogP contribution in [0.3, 0.4) is 0 Å². The van der Waals surface area contributed by atoms with Crippen molar-refractivity contribution in [1.82, 2.24) is 4.57 Å². The lowest BCUT2D eigenvalue weighted by atomic mass is 10.1. The molecule has 0 bridgehead atoms. The number of fused-ring (bicyclic) bond motifs is 1. The van der Waals surface area contributed by atoms with Gasteiger partial charge >= 0.3 is 0 Å². The van der Waals surface area contributed by atoms with Crippen LogP contribution in [0, 0.1) is 5.41 Å². The van der Waals surface area contributed by atoms with Crippen molar-refractivity contribution < 1.29 is 9.90 Å². The molecule has 0 aliphatic heterocycles. The maximum absolute atomic E-state index is 9.00. The molecule has 102 valence electrons. The molecule has 2 rings (SSSR count). The van der Waals surface area contributed by atoms with Crippen LogP contribution in [0.15, 0.2) is 24.4 Å². The van der Waals surface area contributed by atoms with Gasteiger partial charge < -0.3 is 15.1 Å². The third-order valence-corrected chi connectivity index (χ3v) is 2.87. The number of hydrogen-bond donors (Lipinski definition) is 2. The van der Waals surface area contributed by atoms with Crippen LogP contribution < -0.4 is 0 Å². The molecule has 0 aliphatic carbocycles. The Morgan fingerprint density at radius 3 is 2.42 bits per heavy atom. The van der Waals surface area contributed by atoms with Crippen molar-refractivity contribution in [3.05, 3.63) is 35.5 Å². The van der Waals surface area contributed by atoms with Crippen LogP contribution in [0.4, 0.5) is 0 Å². The summed E-state index contributed by atoms with van der Waals surface area (Å²) in [6.45, 7) is 5.08. The first-order chi connectivity index (χ1) is 8.86. The van der Waals surface area contributed by atoms with E-state index in [1.807, 2.05) is 20.2 Å². The van der Waals surface area contributed by atoms with Crippen molar-refractivity contribution in [1.29, 1.82) is 5.41 Å². The van der Waals surface area contributed by atoms with Gasteiger partial charge in [0.2, 0.25) is 0 Å². The summed E-state index contributed by atoms with van der Waals surface area (Å²) in [5.41, 5.74) is 4.21. The van der Waals surface area contributed by atoms with E-state index < -0.39 is 5.97 Å². The lowest BCUT2D eigenvalue weighted by Crippen LogP contribution is -1.89. The van der Waals surface area contributed by atoms with E-state index in [0.29, 0.717) is 5.71 Å². The second kappa shape index (κ2) is 6.18. The Balaban J connectivity index is 0.000000399. The third-order valence-electron chi connectivity index (χ3n) is 2.87. The van der Waals surface area contributed by atoms with Gasteiger partial charge in [0, 0.05) is 42.3 Å². The molecule has 4 heteroatoms. The summed E-state index contributed by atoms with van der Waals surface area (Å²) in [5.74, 6) is -0.833. The largest absolute Gasteiger partial charge is 0.481 e. The number of aryl methyl sites for hydroxylation is 2. The molecule has 0 spiro atoms. The lowest BCUT2D eigenvalue weighted by molar-refractivity contribution is -0.134. The zero-order valence-electron chi connectivity index (χ0n) is 11.8. The highest BCUT2D eigenvalue weighted by molar-refractivity contribution is 6.08. The minimum atomic E-state index is -0.833. The molecule has 0 saturated carbocycles. The van der Waals surface area contributed by atoms with E-state index in [-0.39, 0.29) is 0 Å². The number of nitrogens with zero attached hydrogens (tertiary/aromatic N) is 1. The van der Waals surface area contributed by atoms with Gasteiger partial charge in [0.05, 0.1) is 0 Å². The highest BCUT2D eigenvalue weighted by Gasteiger charge is 2.08. The average molecular weight is 260 g/mol. The van der Waals surface area contributed by atoms with Crippen molar-refractivity contribution in [3.8, 4) is 0 Å². The zero-order chi connectivity index (χ0) is 14.6. The fraction of sp³-hybridized carbons (Fsp3) is 0.333. The van der Waals surface area contributed by atoms with E-state index in [9.17, 15) is 0 Å². The highest BCUT2D eigenvalue weighted by Crippen LogP contribution is 2.22. The minimum absolute atomic E-state index is 0.633. The predicted octanol–water partition coefficient (Wildman–Crippen LogP) is 3.22. The number of aromatic nitrogens is 1. The van der Waals surface area contributed by atoms with Crippen LogP contribution in [0.1, 0.15) is 31.9 Å². The second-order valence-electron chi connectivity index (χ2n) is 4.50. The van der Waals surface area contributed by atoms with Crippen LogP contribution >= 0.6 is 0 Å². The van der Waals surface area contributed by atoms with Crippen LogP contribution in [0.2, 0.25) is 0 Å². The van der Waals surface area contributed by atoms with E-state index in [4.69, 9.17) is 15.3 Å². The smallest absolute Gasteiger partial charge is 0.300 e. The SMILES string of the molecule is CC(=O)O.CCc1ccc2c(c1)c(C(C)=N)cn2C. The fourth-order valence-electron chi connectivity index (χ4n) is 1.96. The zero-order valence-corrected chi connectivity index (χ0v) is 11.8. The van der Waals surface area contributed by atoms with Crippen LogP contribution in [-0.2, 0) is 18.3 Å². The van der Waals surface area contributed by atoms with Crippen molar-refractivity contribution in [2.45, 2.75) is 27.2 Å². The number of carboxylic acid groups (broad SMARTS) is 1. The molecule has 4 nitrogen and oxygen atoms in total. The molecule has 0 saturated heterocycles. The quantitative estimate of drug-likeness (QED) is 0.814. The molecule has 0 atom stereocenters. The van der Waals surface area contributed by atoms with Gasteiger partial charge in [-0.25, -0.2) is 0 Å². The van der Waals surface area contributed by atoms with Crippen LogP contribution in [0.25, 0.3) is 10.9 Å². The summed E-state index contributed by atoms with van der Waals surface area (Å²) in [7, 11) is 2.03. The van der Waals surface area contributed by atoms with Gasteiger partial charge in [0.15, 0.2) is 0 Å². The summed E-state index contributed by atoms with van der Waals surface area (Å²) in [5, 5.41) is 16.4. The third kappa shape index (κ3) is 3.68. The minimum Gasteiger partial charge on any atom is -0.481 e. The fourth-order valence-corrected chi connectivity index (χ4v) is 1.96.